The van der Waals surface area contributed by atoms with Crippen molar-refractivity contribution in [2.75, 3.05) is 20.1 Å². The van der Waals surface area contributed by atoms with Crippen molar-refractivity contribution in [2.24, 2.45) is 11.1 Å². The van der Waals surface area contributed by atoms with Crippen LogP contribution in [-0.2, 0) is 10.2 Å². The molecule has 112 valence electrons. The van der Waals surface area contributed by atoms with Gasteiger partial charge >= 0.3 is 0 Å². The average molecular weight is 297 g/mol. The van der Waals surface area contributed by atoms with Crippen LogP contribution in [-0.4, -0.2) is 30.9 Å². The third-order valence-electron chi connectivity index (χ3n) is 3.65. The number of nitrogens with two attached hydrogens (primary N) is 1. The van der Waals surface area contributed by atoms with Crippen molar-refractivity contribution in [2.45, 2.75) is 33.1 Å². The Morgan fingerprint density at radius 2 is 1.80 bits per heavy atom. The summed E-state index contributed by atoms with van der Waals surface area (Å²) in [5.41, 5.74) is 5.84. The van der Waals surface area contributed by atoms with E-state index in [2.05, 4.69) is 13.8 Å². The van der Waals surface area contributed by atoms with Gasteiger partial charge in [0, 0.05) is 18.6 Å². The van der Waals surface area contributed by atoms with Crippen molar-refractivity contribution in [3.8, 4) is 0 Å². The predicted octanol–water partition coefficient (Wildman–Crippen LogP) is 3.06. The average Bonchev–Trinajstić information content (AvgIpc) is 2.37. The molecule has 0 aliphatic carbocycles. The molecule has 2 N–H and O–H groups in total. The minimum absolute atomic E-state index is 0.0483. The van der Waals surface area contributed by atoms with Crippen LogP contribution in [0.1, 0.15) is 33.3 Å². The normalized spacial score (nSPS) is 12.3. The maximum Gasteiger partial charge on any atom is 0.232 e. The first-order valence-corrected chi connectivity index (χ1v) is 7.20. The second-order valence-electron chi connectivity index (χ2n) is 6.63. The third-order valence-corrected chi connectivity index (χ3v) is 3.98. The van der Waals surface area contributed by atoms with E-state index >= 15 is 0 Å². The summed E-state index contributed by atoms with van der Waals surface area (Å²) in [6.07, 6.45) is 0. The molecule has 1 aromatic carbocycles. The summed E-state index contributed by atoms with van der Waals surface area (Å²) in [4.78, 5) is 14.5. The molecular formula is C16H25ClN2O. The van der Waals surface area contributed by atoms with Crippen LogP contribution in [0.2, 0.25) is 5.02 Å². The second kappa shape index (κ2) is 6.15. The Balaban J connectivity index is 2.98. The predicted molar refractivity (Wildman–Crippen MR) is 85.0 cm³/mol. The van der Waals surface area contributed by atoms with Gasteiger partial charge in [-0.05, 0) is 37.4 Å². The largest absolute Gasteiger partial charge is 0.344 e. The fourth-order valence-electron chi connectivity index (χ4n) is 2.34. The highest BCUT2D eigenvalue weighted by molar-refractivity contribution is 6.31. The van der Waals surface area contributed by atoms with E-state index in [1.807, 2.05) is 45.2 Å². The van der Waals surface area contributed by atoms with Crippen molar-refractivity contribution in [1.29, 1.82) is 0 Å². The van der Waals surface area contributed by atoms with E-state index in [1.165, 1.54) is 0 Å². The molecule has 1 rings (SSSR count). The van der Waals surface area contributed by atoms with E-state index in [1.54, 1.807) is 4.90 Å². The lowest BCUT2D eigenvalue weighted by atomic mass is 9.82. The van der Waals surface area contributed by atoms with E-state index < -0.39 is 5.41 Å². The molecule has 1 aromatic rings. The molecule has 0 heterocycles. The molecule has 0 unspecified atom stereocenters. The SMILES string of the molecule is CN(CC(C)(C)CN)C(=O)C(C)(C)c1ccccc1Cl. The first-order valence-electron chi connectivity index (χ1n) is 6.82. The number of halogens is 1. The van der Waals surface area contributed by atoms with E-state index in [4.69, 9.17) is 17.3 Å². The molecule has 1 amide bonds. The maximum absolute atomic E-state index is 12.7. The fraction of sp³-hybridized carbons (Fsp3) is 0.562. The van der Waals surface area contributed by atoms with Crippen LogP contribution in [0.4, 0.5) is 0 Å². The molecule has 0 atom stereocenters. The summed E-state index contributed by atoms with van der Waals surface area (Å²) < 4.78 is 0. The van der Waals surface area contributed by atoms with Gasteiger partial charge in [-0.25, -0.2) is 0 Å². The Kier molecular flexibility index (Phi) is 5.22. The Morgan fingerprint density at radius 3 is 2.30 bits per heavy atom. The number of nitrogens with zero attached hydrogens (tertiary/aromatic N) is 1. The maximum atomic E-state index is 12.7. The molecular weight excluding hydrogens is 272 g/mol. The number of likely N-dealkylation sites (N-methyl/N-ethyl adjacent to an activating group) is 1. The van der Waals surface area contributed by atoms with Gasteiger partial charge < -0.3 is 10.6 Å². The van der Waals surface area contributed by atoms with E-state index in [0.717, 1.165) is 5.56 Å². The van der Waals surface area contributed by atoms with Gasteiger partial charge in [-0.2, -0.15) is 0 Å². The Labute approximate surface area is 127 Å². The van der Waals surface area contributed by atoms with Crippen molar-refractivity contribution in [3.63, 3.8) is 0 Å². The highest BCUT2D eigenvalue weighted by Gasteiger charge is 2.35. The van der Waals surface area contributed by atoms with Crippen molar-refractivity contribution in [1.82, 2.24) is 4.90 Å². The number of benzene rings is 1. The number of hydrogen-bond donors (Lipinski definition) is 1. The van der Waals surface area contributed by atoms with Crippen LogP contribution in [0.25, 0.3) is 0 Å². The Morgan fingerprint density at radius 1 is 1.25 bits per heavy atom. The lowest BCUT2D eigenvalue weighted by molar-refractivity contribution is -0.136. The molecule has 0 aliphatic rings. The molecule has 0 aliphatic heterocycles. The molecule has 0 radical (unpaired) electrons. The van der Waals surface area contributed by atoms with Crippen LogP contribution < -0.4 is 5.73 Å². The number of amides is 1. The number of carbonyl (C=O) groups is 1. The zero-order chi connectivity index (χ0) is 15.6. The van der Waals surface area contributed by atoms with E-state index in [9.17, 15) is 4.79 Å². The zero-order valence-corrected chi connectivity index (χ0v) is 13.8. The van der Waals surface area contributed by atoms with Crippen molar-refractivity contribution < 1.29 is 4.79 Å². The molecule has 0 spiro atoms. The molecule has 0 saturated carbocycles. The van der Waals surface area contributed by atoms with Crippen LogP contribution in [0.5, 0.6) is 0 Å². The summed E-state index contributed by atoms with van der Waals surface area (Å²) in [5, 5.41) is 0.623. The standard InChI is InChI=1S/C16H25ClN2O/c1-15(2,10-18)11-19(5)14(20)16(3,4)12-8-6-7-9-13(12)17/h6-9H,10-11,18H2,1-5H3. The summed E-state index contributed by atoms with van der Waals surface area (Å²) in [6.45, 7) is 9.08. The highest BCUT2D eigenvalue weighted by atomic mass is 35.5. The fourth-order valence-corrected chi connectivity index (χ4v) is 2.71. The lowest BCUT2D eigenvalue weighted by Gasteiger charge is -2.35. The first-order chi connectivity index (χ1) is 9.12. The molecule has 20 heavy (non-hydrogen) atoms. The monoisotopic (exact) mass is 296 g/mol. The summed E-state index contributed by atoms with van der Waals surface area (Å²) in [6, 6.07) is 7.49. The van der Waals surface area contributed by atoms with Crippen molar-refractivity contribution in [3.05, 3.63) is 34.9 Å². The van der Waals surface area contributed by atoms with Gasteiger partial charge in [-0.15, -0.1) is 0 Å². The first kappa shape index (κ1) is 17.0. The van der Waals surface area contributed by atoms with Gasteiger partial charge in [-0.1, -0.05) is 43.6 Å². The van der Waals surface area contributed by atoms with Crippen molar-refractivity contribution >= 4 is 17.5 Å². The van der Waals surface area contributed by atoms with Gasteiger partial charge in [0.05, 0.1) is 5.41 Å². The molecule has 0 saturated heterocycles. The Hall–Kier alpha value is -1.06. The smallest absolute Gasteiger partial charge is 0.232 e. The van der Waals surface area contributed by atoms with Crippen LogP contribution in [0.15, 0.2) is 24.3 Å². The van der Waals surface area contributed by atoms with E-state index in [-0.39, 0.29) is 11.3 Å². The summed E-state index contributed by atoms with van der Waals surface area (Å²) >= 11 is 6.23. The Bertz CT molecular complexity index is 483. The summed E-state index contributed by atoms with van der Waals surface area (Å²) in [5.74, 6) is 0.0483. The highest BCUT2D eigenvalue weighted by Crippen LogP contribution is 2.31. The van der Waals surface area contributed by atoms with Gasteiger partial charge in [-0.3, -0.25) is 4.79 Å². The van der Waals surface area contributed by atoms with Crippen LogP contribution >= 0.6 is 11.6 Å². The number of hydrogen-bond acceptors (Lipinski definition) is 2. The van der Waals surface area contributed by atoms with E-state index in [0.29, 0.717) is 18.1 Å². The minimum Gasteiger partial charge on any atom is -0.344 e. The number of rotatable bonds is 5. The lowest BCUT2D eigenvalue weighted by Crippen LogP contribution is -2.46. The third kappa shape index (κ3) is 3.74. The zero-order valence-electron chi connectivity index (χ0n) is 13.0. The van der Waals surface area contributed by atoms with Gasteiger partial charge in [0.25, 0.3) is 0 Å². The van der Waals surface area contributed by atoms with Crippen LogP contribution in [0, 0.1) is 5.41 Å². The molecule has 0 fully saturated rings. The number of carbonyl (C=O) groups excluding carboxylic acids is 1. The molecule has 4 heteroatoms. The van der Waals surface area contributed by atoms with Gasteiger partial charge in [0.15, 0.2) is 0 Å². The quantitative estimate of drug-likeness (QED) is 0.908. The minimum atomic E-state index is -0.655. The van der Waals surface area contributed by atoms with Gasteiger partial charge in [0.2, 0.25) is 5.91 Å². The van der Waals surface area contributed by atoms with Crippen LogP contribution in [0.3, 0.4) is 0 Å². The summed E-state index contributed by atoms with van der Waals surface area (Å²) in [7, 11) is 1.82. The van der Waals surface area contributed by atoms with Gasteiger partial charge in [0.1, 0.15) is 0 Å². The molecule has 3 nitrogen and oxygen atoms in total. The topological polar surface area (TPSA) is 46.3 Å². The molecule has 0 bridgehead atoms. The molecule has 0 aromatic heterocycles. The second-order valence-corrected chi connectivity index (χ2v) is 7.04.